The number of hydrogen-bond acceptors (Lipinski definition) is 4. The summed E-state index contributed by atoms with van der Waals surface area (Å²) in [5.41, 5.74) is 3.11. The van der Waals surface area contributed by atoms with Crippen molar-refractivity contribution in [2.45, 2.75) is 0 Å². The molecule has 2 heterocycles. The van der Waals surface area contributed by atoms with Crippen LogP contribution >= 0.6 is 11.3 Å². The Bertz CT molecular complexity index is 847. The van der Waals surface area contributed by atoms with E-state index in [2.05, 4.69) is 27.4 Å². The first-order chi connectivity index (χ1) is 10.4. The second kappa shape index (κ2) is 5.03. The number of thiazole rings is 1. The zero-order chi connectivity index (χ0) is 14.1. The van der Waals surface area contributed by atoms with E-state index in [0.29, 0.717) is 0 Å². The van der Waals surface area contributed by atoms with Crippen LogP contribution in [0.25, 0.3) is 15.9 Å². The first-order valence-electron chi connectivity index (χ1n) is 6.59. The van der Waals surface area contributed by atoms with Gasteiger partial charge in [0.2, 0.25) is 0 Å². The maximum Gasteiger partial charge on any atom is 0.188 e. The van der Waals surface area contributed by atoms with Crippen LogP contribution in [0.4, 0.5) is 10.8 Å². The summed E-state index contributed by atoms with van der Waals surface area (Å²) in [7, 11) is 0. The number of nitrogens with one attached hydrogen (secondary N) is 1. The summed E-state index contributed by atoms with van der Waals surface area (Å²) in [6.45, 7) is 0. The molecule has 0 atom stereocenters. The van der Waals surface area contributed by atoms with Gasteiger partial charge >= 0.3 is 0 Å². The number of rotatable bonds is 3. The van der Waals surface area contributed by atoms with E-state index < -0.39 is 0 Å². The second-order valence-electron chi connectivity index (χ2n) is 4.63. The highest BCUT2D eigenvalue weighted by Gasteiger charge is 2.04. The SMILES string of the molecule is c1cc(Nc2nc3ccccc3s2)cc(-n2ccnc2)c1. The lowest BCUT2D eigenvalue weighted by atomic mass is 10.3. The lowest BCUT2D eigenvalue weighted by Crippen LogP contribution is -1.93. The van der Waals surface area contributed by atoms with E-state index in [4.69, 9.17) is 0 Å². The summed E-state index contributed by atoms with van der Waals surface area (Å²) in [6.07, 6.45) is 5.49. The van der Waals surface area contributed by atoms with E-state index in [1.165, 1.54) is 4.70 Å². The van der Waals surface area contributed by atoms with E-state index >= 15 is 0 Å². The molecule has 102 valence electrons. The maximum atomic E-state index is 4.59. The smallest absolute Gasteiger partial charge is 0.188 e. The van der Waals surface area contributed by atoms with Gasteiger partial charge in [-0.05, 0) is 30.3 Å². The largest absolute Gasteiger partial charge is 0.331 e. The highest BCUT2D eigenvalue weighted by atomic mass is 32.1. The molecule has 0 amide bonds. The molecular weight excluding hydrogens is 280 g/mol. The molecule has 4 nitrogen and oxygen atoms in total. The van der Waals surface area contributed by atoms with Crippen molar-refractivity contribution in [3.05, 3.63) is 67.3 Å². The minimum Gasteiger partial charge on any atom is -0.331 e. The molecule has 0 saturated carbocycles. The van der Waals surface area contributed by atoms with Gasteiger partial charge in [0.1, 0.15) is 0 Å². The molecule has 4 rings (SSSR count). The van der Waals surface area contributed by atoms with Crippen molar-refractivity contribution in [2.24, 2.45) is 0 Å². The quantitative estimate of drug-likeness (QED) is 0.614. The van der Waals surface area contributed by atoms with Gasteiger partial charge in [-0.1, -0.05) is 29.5 Å². The molecule has 21 heavy (non-hydrogen) atoms. The van der Waals surface area contributed by atoms with Crippen molar-refractivity contribution in [3.63, 3.8) is 0 Å². The van der Waals surface area contributed by atoms with Crippen molar-refractivity contribution < 1.29 is 0 Å². The fourth-order valence-electron chi connectivity index (χ4n) is 2.21. The number of para-hydroxylation sites is 1. The molecule has 0 aliphatic carbocycles. The zero-order valence-electron chi connectivity index (χ0n) is 11.1. The zero-order valence-corrected chi connectivity index (χ0v) is 11.9. The molecule has 0 aliphatic heterocycles. The van der Waals surface area contributed by atoms with Gasteiger partial charge in [0.25, 0.3) is 0 Å². The van der Waals surface area contributed by atoms with E-state index in [1.54, 1.807) is 23.9 Å². The van der Waals surface area contributed by atoms with E-state index in [9.17, 15) is 0 Å². The molecule has 4 aromatic rings. The Kier molecular flexibility index (Phi) is 2.90. The van der Waals surface area contributed by atoms with Crippen LogP contribution in [-0.2, 0) is 0 Å². The van der Waals surface area contributed by atoms with Crippen molar-refractivity contribution in [3.8, 4) is 5.69 Å². The highest BCUT2D eigenvalue weighted by Crippen LogP contribution is 2.28. The molecule has 2 aromatic heterocycles. The Labute approximate surface area is 125 Å². The van der Waals surface area contributed by atoms with Crippen LogP contribution in [0.15, 0.2) is 67.3 Å². The first kappa shape index (κ1) is 12.1. The van der Waals surface area contributed by atoms with Crippen LogP contribution in [0.2, 0.25) is 0 Å². The average molecular weight is 292 g/mol. The van der Waals surface area contributed by atoms with Crippen molar-refractivity contribution in [1.82, 2.24) is 14.5 Å². The van der Waals surface area contributed by atoms with Gasteiger partial charge in [-0.25, -0.2) is 9.97 Å². The van der Waals surface area contributed by atoms with Gasteiger partial charge in [0, 0.05) is 23.8 Å². The summed E-state index contributed by atoms with van der Waals surface area (Å²) in [4.78, 5) is 8.66. The lowest BCUT2D eigenvalue weighted by Gasteiger charge is -2.06. The number of imidazole rings is 1. The van der Waals surface area contributed by atoms with Crippen LogP contribution in [0, 0.1) is 0 Å². The molecule has 0 bridgehead atoms. The Morgan fingerprint density at radius 3 is 2.86 bits per heavy atom. The minimum absolute atomic E-state index is 0.902. The van der Waals surface area contributed by atoms with Crippen molar-refractivity contribution in [2.75, 3.05) is 5.32 Å². The van der Waals surface area contributed by atoms with Crippen LogP contribution in [0.3, 0.4) is 0 Å². The van der Waals surface area contributed by atoms with Crippen LogP contribution in [0.5, 0.6) is 0 Å². The maximum absolute atomic E-state index is 4.59. The second-order valence-corrected chi connectivity index (χ2v) is 5.66. The molecule has 2 aromatic carbocycles. The van der Waals surface area contributed by atoms with Crippen molar-refractivity contribution >= 4 is 32.4 Å². The summed E-state index contributed by atoms with van der Waals surface area (Å²) in [5.74, 6) is 0. The van der Waals surface area contributed by atoms with Gasteiger partial charge in [0.05, 0.1) is 16.5 Å². The summed E-state index contributed by atoms with van der Waals surface area (Å²) in [5, 5.41) is 4.27. The standard InChI is InChI=1S/C16H12N4S/c1-2-7-15-14(6-1)19-16(21-15)18-12-4-3-5-13(10-12)20-9-8-17-11-20/h1-11H,(H,18,19). The predicted molar refractivity (Wildman–Crippen MR) is 86.5 cm³/mol. The summed E-state index contributed by atoms with van der Waals surface area (Å²) >= 11 is 1.65. The highest BCUT2D eigenvalue weighted by molar-refractivity contribution is 7.22. The predicted octanol–water partition coefficient (Wildman–Crippen LogP) is 4.23. The number of aromatic nitrogens is 3. The lowest BCUT2D eigenvalue weighted by molar-refractivity contribution is 1.06. The third-order valence-electron chi connectivity index (χ3n) is 3.19. The molecule has 1 N–H and O–H groups in total. The molecule has 0 unspecified atom stereocenters. The van der Waals surface area contributed by atoms with Gasteiger partial charge in [-0.2, -0.15) is 0 Å². The number of nitrogens with zero attached hydrogens (tertiary/aromatic N) is 3. The van der Waals surface area contributed by atoms with Crippen LogP contribution < -0.4 is 5.32 Å². The monoisotopic (exact) mass is 292 g/mol. The fourth-order valence-corrected chi connectivity index (χ4v) is 3.09. The van der Waals surface area contributed by atoms with E-state index in [1.807, 2.05) is 47.2 Å². The molecule has 5 heteroatoms. The summed E-state index contributed by atoms with van der Waals surface area (Å²) < 4.78 is 3.16. The average Bonchev–Trinajstić information content (AvgIpc) is 3.16. The third kappa shape index (κ3) is 2.39. The summed E-state index contributed by atoms with van der Waals surface area (Å²) in [6, 6.07) is 16.3. The number of benzene rings is 2. The van der Waals surface area contributed by atoms with E-state index in [-0.39, 0.29) is 0 Å². The van der Waals surface area contributed by atoms with Crippen LogP contribution in [0.1, 0.15) is 0 Å². The molecule has 0 aliphatic rings. The molecular formula is C16H12N4S. The van der Waals surface area contributed by atoms with Crippen LogP contribution in [-0.4, -0.2) is 14.5 Å². The Morgan fingerprint density at radius 2 is 2.00 bits per heavy atom. The fraction of sp³-hybridized carbons (Fsp3) is 0. The van der Waals surface area contributed by atoms with Gasteiger partial charge in [0.15, 0.2) is 5.13 Å². The molecule has 0 fully saturated rings. The van der Waals surface area contributed by atoms with E-state index in [0.717, 1.165) is 22.0 Å². The Morgan fingerprint density at radius 1 is 1.05 bits per heavy atom. The van der Waals surface area contributed by atoms with Gasteiger partial charge < -0.3 is 9.88 Å². The molecule has 0 radical (unpaired) electrons. The van der Waals surface area contributed by atoms with Gasteiger partial charge in [-0.15, -0.1) is 0 Å². The third-order valence-corrected chi connectivity index (χ3v) is 4.15. The number of hydrogen-bond donors (Lipinski definition) is 1. The van der Waals surface area contributed by atoms with Crippen molar-refractivity contribution in [1.29, 1.82) is 0 Å². The molecule has 0 saturated heterocycles. The Hall–Kier alpha value is -2.66. The minimum atomic E-state index is 0.902. The number of anilines is 2. The first-order valence-corrected chi connectivity index (χ1v) is 7.41. The van der Waals surface area contributed by atoms with Gasteiger partial charge in [-0.3, -0.25) is 0 Å². The molecule has 0 spiro atoms. The Balaban J connectivity index is 1.66. The normalized spacial score (nSPS) is 10.9. The topological polar surface area (TPSA) is 42.7 Å². The number of fused-ring (bicyclic) bond motifs is 1.